The standard InChI is InChI=1S/C24H30N4O3/c1-4-28-18(3)19(15-25-28)16-27-11-9-24(10-12-27,23(29)30)14-20-13-22(26-31-20)21-8-6-5-7-17(21)2/h4-8,15,20H,1,9-14,16H2,2-3H3,(H,29,30)/t20-/m1/s1. The van der Waals surface area contributed by atoms with Crippen molar-refractivity contribution in [3.05, 3.63) is 59.4 Å². The maximum atomic E-state index is 12.3. The second kappa shape index (κ2) is 8.67. The summed E-state index contributed by atoms with van der Waals surface area (Å²) in [5.41, 5.74) is 4.61. The maximum absolute atomic E-state index is 12.3. The van der Waals surface area contributed by atoms with Crippen molar-refractivity contribution in [2.45, 2.75) is 52.2 Å². The van der Waals surface area contributed by atoms with Gasteiger partial charge in [0.15, 0.2) is 0 Å². The Kier molecular flexibility index (Phi) is 5.96. The summed E-state index contributed by atoms with van der Waals surface area (Å²) in [7, 11) is 0. The first-order valence-corrected chi connectivity index (χ1v) is 10.8. The number of oxime groups is 1. The Balaban J connectivity index is 1.37. The van der Waals surface area contributed by atoms with E-state index in [1.807, 2.05) is 31.3 Å². The van der Waals surface area contributed by atoms with E-state index in [2.05, 4.69) is 34.7 Å². The first-order chi connectivity index (χ1) is 14.9. The Labute approximate surface area is 183 Å². The highest BCUT2D eigenvalue weighted by atomic mass is 16.6. The summed E-state index contributed by atoms with van der Waals surface area (Å²) < 4.78 is 1.77. The highest BCUT2D eigenvalue weighted by molar-refractivity contribution is 6.02. The third-order valence-corrected chi connectivity index (χ3v) is 6.79. The number of aromatic nitrogens is 2. The van der Waals surface area contributed by atoms with E-state index in [4.69, 9.17) is 4.84 Å². The largest absolute Gasteiger partial charge is 0.481 e. The minimum atomic E-state index is -0.766. The topological polar surface area (TPSA) is 80.0 Å². The molecule has 1 aromatic heterocycles. The molecule has 2 aromatic rings. The highest BCUT2D eigenvalue weighted by Crippen LogP contribution is 2.39. The van der Waals surface area contributed by atoms with E-state index in [9.17, 15) is 9.90 Å². The summed E-state index contributed by atoms with van der Waals surface area (Å²) in [6.07, 6.45) is 5.73. The molecule has 31 heavy (non-hydrogen) atoms. The SMILES string of the molecule is C=Cn1ncc(CN2CCC(C[C@H]3CC(c4ccccc4C)=NO3)(C(=O)O)CC2)c1C. The van der Waals surface area contributed by atoms with E-state index >= 15 is 0 Å². The zero-order valence-electron chi connectivity index (χ0n) is 18.3. The third-order valence-electron chi connectivity index (χ3n) is 6.79. The smallest absolute Gasteiger partial charge is 0.309 e. The van der Waals surface area contributed by atoms with Crippen LogP contribution in [0.1, 0.15) is 48.1 Å². The van der Waals surface area contributed by atoms with Gasteiger partial charge in [0.05, 0.1) is 17.3 Å². The quantitative estimate of drug-likeness (QED) is 0.733. The van der Waals surface area contributed by atoms with Gasteiger partial charge >= 0.3 is 5.97 Å². The number of carboxylic acid groups (broad SMARTS) is 1. The molecule has 1 saturated heterocycles. The molecule has 4 rings (SSSR count). The molecule has 7 nitrogen and oxygen atoms in total. The zero-order chi connectivity index (χ0) is 22.0. The fourth-order valence-electron chi connectivity index (χ4n) is 4.71. The van der Waals surface area contributed by atoms with Crippen LogP contribution in [0.25, 0.3) is 6.20 Å². The Hall–Kier alpha value is -2.93. The maximum Gasteiger partial charge on any atom is 0.309 e. The van der Waals surface area contributed by atoms with Gasteiger partial charge in [-0.15, -0.1) is 0 Å². The lowest BCUT2D eigenvalue weighted by molar-refractivity contribution is -0.155. The second-order valence-corrected chi connectivity index (χ2v) is 8.73. The molecule has 0 unspecified atom stereocenters. The monoisotopic (exact) mass is 422 g/mol. The Morgan fingerprint density at radius 3 is 2.71 bits per heavy atom. The van der Waals surface area contributed by atoms with E-state index in [0.29, 0.717) is 25.7 Å². The van der Waals surface area contributed by atoms with Gasteiger partial charge in [0, 0.05) is 42.4 Å². The summed E-state index contributed by atoms with van der Waals surface area (Å²) in [6, 6.07) is 8.10. The van der Waals surface area contributed by atoms with Crippen molar-refractivity contribution in [1.82, 2.24) is 14.7 Å². The predicted octanol–water partition coefficient (Wildman–Crippen LogP) is 3.85. The van der Waals surface area contributed by atoms with Crippen LogP contribution in [-0.4, -0.2) is 50.7 Å². The van der Waals surface area contributed by atoms with Gasteiger partial charge in [-0.05, 0) is 45.3 Å². The molecule has 0 spiro atoms. The summed E-state index contributed by atoms with van der Waals surface area (Å²) in [6.45, 7) is 10.1. The molecule has 2 aliphatic heterocycles. The molecule has 3 heterocycles. The Morgan fingerprint density at radius 2 is 2.06 bits per heavy atom. The Morgan fingerprint density at radius 1 is 1.32 bits per heavy atom. The number of likely N-dealkylation sites (tertiary alicyclic amines) is 1. The van der Waals surface area contributed by atoms with Crippen LogP contribution in [0.2, 0.25) is 0 Å². The van der Waals surface area contributed by atoms with E-state index in [1.165, 1.54) is 0 Å². The van der Waals surface area contributed by atoms with E-state index < -0.39 is 11.4 Å². The van der Waals surface area contributed by atoms with Crippen molar-refractivity contribution in [3.8, 4) is 0 Å². The van der Waals surface area contributed by atoms with Gasteiger partial charge in [-0.3, -0.25) is 9.69 Å². The molecule has 0 aliphatic carbocycles. The number of hydrogen-bond acceptors (Lipinski definition) is 5. The summed E-state index contributed by atoms with van der Waals surface area (Å²) in [5.74, 6) is -0.726. The molecular weight excluding hydrogens is 392 g/mol. The lowest BCUT2D eigenvalue weighted by Crippen LogP contribution is -2.45. The number of aliphatic carboxylic acids is 1. The molecule has 0 bridgehead atoms. The van der Waals surface area contributed by atoms with Crippen molar-refractivity contribution in [2.24, 2.45) is 10.6 Å². The van der Waals surface area contributed by atoms with Crippen LogP contribution >= 0.6 is 0 Å². The average molecular weight is 423 g/mol. The molecular formula is C24H30N4O3. The van der Waals surface area contributed by atoms with E-state index in [0.717, 1.165) is 47.7 Å². The van der Waals surface area contributed by atoms with Crippen molar-refractivity contribution >= 4 is 17.9 Å². The van der Waals surface area contributed by atoms with Crippen molar-refractivity contribution in [3.63, 3.8) is 0 Å². The molecule has 1 atom stereocenters. The molecule has 1 N–H and O–H groups in total. The number of carbonyl (C=O) groups is 1. The minimum Gasteiger partial charge on any atom is -0.481 e. The average Bonchev–Trinajstić information content (AvgIpc) is 3.36. The van der Waals surface area contributed by atoms with E-state index in [-0.39, 0.29) is 6.10 Å². The van der Waals surface area contributed by atoms with Crippen LogP contribution in [-0.2, 0) is 16.2 Å². The summed E-state index contributed by atoms with van der Waals surface area (Å²) >= 11 is 0. The molecule has 7 heteroatoms. The van der Waals surface area contributed by atoms with Gasteiger partial charge in [0.1, 0.15) is 6.10 Å². The number of carboxylic acids is 1. The highest BCUT2D eigenvalue weighted by Gasteiger charge is 2.45. The Bertz CT molecular complexity index is 1000. The van der Waals surface area contributed by atoms with Crippen LogP contribution < -0.4 is 0 Å². The van der Waals surface area contributed by atoms with Crippen LogP contribution in [0.3, 0.4) is 0 Å². The lowest BCUT2D eigenvalue weighted by atomic mass is 9.73. The third kappa shape index (κ3) is 4.28. The van der Waals surface area contributed by atoms with Gasteiger partial charge in [0.25, 0.3) is 0 Å². The molecule has 0 amide bonds. The van der Waals surface area contributed by atoms with Crippen molar-refractivity contribution < 1.29 is 14.7 Å². The first-order valence-electron chi connectivity index (χ1n) is 10.8. The second-order valence-electron chi connectivity index (χ2n) is 8.73. The number of aryl methyl sites for hydroxylation is 1. The molecule has 1 fully saturated rings. The molecule has 1 aromatic carbocycles. The normalized spacial score (nSPS) is 20.8. The zero-order valence-corrected chi connectivity index (χ0v) is 18.3. The van der Waals surface area contributed by atoms with Gasteiger partial charge in [-0.2, -0.15) is 5.10 Å². The number of nitrogens with zero attached hydrogens (tertiary/aromatic N) is 4. The van der Waals surface area contributed by atoms with Crippen molar-refractivity contribution in [2.75, 3.05) is 13.1 Å². The summed E-state index contributed by atoms with van der Waals surface area (Å²) in [5, 5.41) is 18.7. The minimum absolute atomic E-state index is 0.190. The lowest BCUT2D eigenvalue weighted by Gasteiger charge is -2.39. The van der Waals surface area contributed by atoms with Crippen LogP contribution in [0.15, 0.2) is 42.2 Å². The van der Waals surface area contributed by atoms with Gasteiger partial charge in [-0.1, -0.05) is 36.0 Å². The number of piperidine rings is 1. The van der Waals surface area contributed by atoms with Gasteiger partial charge in [-0.25, -0.2) is 4.68 Å². The number of hydrogen-bond donors (Lipinski definition) is 1. The number of rotatable bonds is 7. The predicted molar refractivity (Wildman–Crippen MR) is 120 cm³/mol. The molecule has 0 radical (unpaired) electrons. The van der Waals surface area contributed by atoms with Crippen LogP contribution in [0, 0.1) is 19.3 Å². The van der Waals surface area contributed by atoms with E-state index in [1.54, 1.807) is 10.9 Å². The van der Waals surface area contributed by atoms with Crippen LogP contribution in [0.5, 0.6) is 0 Å². The van der Waals surface area contributed by atoms with Crippen molar-refractivity contribution in [1.29, 1.82) is 0 Å². The van der Waals surface area contributed by atoms with Crippen LogP contribution in [0.4, 0.5) is 0 Å². The summed E-state index contributed by atoms with van der Waals surface area (Å²) in [4.78, 5) is 20.3. The van der Waals surface area contributed by atoms with Gasteiger partial charge < -0.3 is 9.94 Å². The fourth-order valence-corrected chi connectivity index (χ4v) is 4.71. The molecule has 164 valence electrons. The molecule has 0 saturated carbocycles. The first kappa shape index (κ1) is 21.3. The molecule has 2 aliphatic rings. The number of benzene rings is 1. The fraction of sp³-hybridized carbons (Fsp3) is 0.458. The van der Waals surface area contributed by atoms with Gasteiger partial charge in [0.2, 0.25) is 0 Å².